The molecule has 0 rings (SSSR count). The van der Waals surface area contributed by atoms with E-state index >= 15 is 0 Å². The minimum absolute atomic E-state index is 0.0816. The maximum Gasteiger partial charge on any atom is 0.472 e. The number of aliphatic hydroxyl groups is 2. The number of unbranched alkanes of at least 4 members (excludes halogenated alkanes) is 26. The van der Waals surface area contributed by atoms with Gasteiger partial charge in [0.2, 0.25) is 0 Å². The van der Waals surface area contributed by atoms with Crippen molar-refractivity contribution in [3.63, 3.8) is 0 Å². The van der Waals surface area contributed by atoms with Gasteiger partial charge in [0, 0.05) is 19.3 Å². The van der Waals surface area contributed by atoms with E-state index in [2.05, 4.69) is 167 Å². The van der Waals surface area contributed by atoms with Crippen molar-refractivity contribution >= 4 is 33.6 Å². The highest BCUT2D eigenvalue weighted by atomic mass is 31.2. The topological polar surface area (TPSA) is 231 Å². The Hall–Kier alpha value is -4.57. The summed E-state index contributed by atoms with van der Waals surface area (Å²) in [5.74, 6) is -1.64. The van der Waals surface area contributed by atoms with Crippen LogP contribution in [0.15, 0.2) is 146 Å². The number of allylic oxidation sites excluding steroid dienone is 24. The van der Waals surface area contributed by atoms with Gasteiger partial charge in [0.1, 0.15) is 25.4 Å². The molecule has 0 bridgehead atoms. The Bertz CT molecular complexity index is 2420. The third-order valence-electron chi connectivity index (χ3n) is 16.0. The molecule has 0 saturated heterocycles. The lowest BCUT2D eigenvalue weighted by molar-refractivity contribution is -0.161. The molecule has 0 aromatic heterocycles. The van der Waals surface area contributed by atoms with Crippen molar-refractivity contribution in [1.29, 1.82) is 0 Å². The van der Waals surface area contributed by atoms with Crippen molar-refractivity contribution in [2.75, 3.05) is 39.6 Å². The summed E-state index contributed by atoms with van der Waals surface area (Å²) >= 11 is 0. The molecule has 16 nitrogen and oxygen atoms in total. The van der Waals surface area contributed by atoms with Crippen LogP contribution in [0.25, 0.3) is 0 Å². The SMILES string of the molecule is CC/C=C\C/C=C\C/C=C\C/C=C\C/C=C\C/C=C\CCCCC(=O)OCC(COP(=O)(O)OCC(O)COP(=O)(O)OCC(O)COC(=O)CCCCCCCCCCCCCCC/C=C\C/C=C\C/C=C\C/C=C\C/C=C\CC)OC(=O)CCCCCCC/C=C\CCCCCCCC. The molecule has 0 aromatic rings. The molecule has 101 heavy (non-hydrogen) atoms. The van der Waals surface area contributed by atoms with Crippen molar-refractivity contribution in [2.24, 2.45) is 0 Å². The van der Waals surface area contributed by atoms with Gasteiger partial charge in [0.25, 0.3) is 0 Å². The van der Waals surface area contributed by atoms with Crippen LogP contribution in [-0.4, -0.2) is 95.9 Å². The van der Waals surface area contributed by atoms with E-state index in [-0.39, 0.29) is 19.3 Å². The van der Waals surface area contributed by atoms with E-state index in [1.54, 1.807) is 0 Å². The second-order valence-electron chi connectivity index (χ2n) is 25.7. The van der Waals surface area contributed by atoms with E-state index in [0.717, 1.165) is 148 Å². The molecule has 18 heteroatoms. The second kappa shape index (κ2) is 75.1. The number of hydrogen-bond acceptors (Lipinski definition) is 14. The van der Waals surface area contributed by atoms with E-state index in [4.69, 9.17) is 32.3 Å². The number of carbonyl (C=O) groups excluding carboxylic acids is 3. The lowest BCUT2D eigenvalue weighted by Crippen LogP contribution is -2.30. The highest BCUT2D eigenvalue weighted by molar-refractivity contribution is 7.47. The first-order valence-electron chi connectivity index (χ1n) is 39.1. The van der Waals surface area contributed by atoms with E-state index in [9.17, 15) is 43.5 Å². The first kappa shape index (κ1) is 96.4. The summed E-state index contributed by atoms with van der Waals surface area (Å²) < 4.78 is 61.1. The van der Waals surface area contributed by atoms with Crippen LogP contribution in [0.3, 0.4) is 0 Å². The zero-order chi connectivity index (χ0) is 73.7. The number of phosphoric acid groups is 2. The normalized spacial score (nSPS) is 14.8. The van der Waals surface area contributed by atoms with Gasteiger partial charge >= 0.3 is 33.6 Å². The number of phosphoric ester groups is 2. The van der Waals surface area contributed by atoms with Crippen LogP contribution in [0.5, 0.6) is 0 Å². The molecule has 5 atom stereocenters. The van der Waals surface area contributed by atoms with Crippen LogP contribution in [-0.2, 0) is 55.8 Å². The fraction of sp³-hybridized carbons (Fsp3) is 0.675. The molecule has 0 saturated carbocycles. The predicted octanol–water partition coefficient (Wildman–Crippen LogP) is 22.9. The van der Waals surface area contributed by atoms with E-state index in [1.165, 1.54) is 96.3 Å². The largest absolute Gasteiger partial charge is 0.472 e. The highest BCUT2D eigenvalue weighted by Crippen LogP contribution is 2.45. The van der Waals surface area contributed by atoms with Crippen molar-refractivity contribution in [3.8, 4) is 0 Å². The van der Waals surface area contributed by atoms with Gasteiger partial charge in [-0.1, -0.05) is 289 Å². The molecule has 5 unspecified atom stereocenters. The smallest absolute Gasteiger partial charge is 0.463 e. The van der Waals surface area contributed by atoms with Gasteiger partial charge in [-0.25, -0.2) is 9.13 Å². The predicted molar refractivity (Wildman–Crippen MR) is 417 cm³/mol. The summed E-state index contributed by atoms with van der Waals surface area (Å²) in [7, 11) is -9.81. The monoisotopic (exact) mass is 1450 g/mol. The molecule has 0 aliphatic rings. The molecule has 0 heterocycles. The van der Waals surface area contributed by atoms with Gasteiger partial charge in [-0.2, -0.15) is 0 Å². The molecule has 0 spiro atoms. The van der Waals surface area contributed by atoms with Gasteiger partial charge in [-0.3, -0.25) is 32.5 Å². The van der Waals surface area contributed by atoms with Crippen molar-refractivity contribution < 1.29 is 75.8 Å². The summed E-state index contributed by atoms with van der Waals surface area (Å²) in [5.41, 5.74) is 0. The van der Waals surface area contributed by atoms with Gasteiger partial charge in [-0.15, -0.1) is 0 Å². The molecular formula is C83H140O16P2. The standard InChI is InChI=1S/C83H140O16P2/c1-4-7-10-13-16-19-22-25-28-30-32-34-35-36-37-38-39-40-41-43-45-46-49-51-54-57-60-63-66-69-81(86)93-72-78(84)73-95-100(89,90)96-74-79(85)75-97-101(91,92)98-77-80(99-83(88)71-68-65-62-59-56-53-48-27-24-21-18-15-12-9-6-3)76-94-82(87)70-67-64-61-58-55-52-50-47-44-42-33-31-29-26-23-20-17-14-11-8-5-2/h7-8,10-11,16-17,19-20,25-29,32-34,36-37,42,47-48,50,55,58,78-80,84-85H,4-6,9,12-15,18,21-24,30-31,35,38-41,43-46,49,51-54,56-57,59-77H2,1-3H3,(H,89,90)(H,91,92)/b10-7-,11-8-,19-16-,20-17-,28-25-,29-26-,34-32-,37-36-,42-33-,48-27-,50-47-,58-55-. The Kier molecular flexibility index (Phi) is 71.7. The summed E-state index contributed by atoms with van der Waals surface area (Å²) in [6.07, 6.45) is 91.9. The molecule has 4 N–H and O–H groups in total. The molecule has 0 aromatic carbocycles. The van der Waals surface area contributed by atoms with Gasteiger partial charge in [0.15, 0.2) is 6.10 Å². The van der Waals surface area contributed by atoms with Gasteiger partial charge in [-0.05, 0) is 141 Å². The summed E-state index contributed by atoms with van der Waals surface area (Å²) in [5, 5.41) is 20.6. The third-order valence-corrected chi connectivity index (χ3v) is 17.9. The lowest BCUT2D eigenvalue weighted by atomic mass is 10.0. The van der Waals surface area contributed by atoms with Crippen LogP contribution in [0, 0.1) is 0 Å². The fourth-order valence-corrected chi connectivity index (χ4v) is 11.7. The first-order chi connectivity index (χ1) is 49.2. The molecule has 0 fully saturated rings. The van der Waals surface area contributed by atoms with E-state index in [1.807, 2.05) is 0 Å². The summed E-state index contributed by atoms with van der Waals surface area (Å²) in [6, 6.07) is 0. The van der Waals surface area contributed by atoms with Crippen molar-refractivity contribution in [2.45, 2.75) is 322 Å². The summed E-state index contributed by atoms with van der Waals surface area (Å²) in [6.45, 7) is 2.39. The zero-order valence-electron chi connectivity index (χ0n) is 63.0. The number of esters is 3. The highest BCUT2D eigenvalue weighted by Gasteiger charge is 2.29. The molecule has 0 radical (unpaired) electrons. The number of ether oxygens (including phenoxy) is 3. The maximum atomic E-state index is 13.0. The molecule has 0 aliphatic carbocycles. The molecule has 578 valence electrons. The van der Waals surface area contributed by atoms with Crippen LogP contribution in [0.1, 0.15) is 303 Å². The number of aliphatic hydroxyl groups excluding tert-OH is 2. The van der Waals surface area contributed by atoms with Crippen LogP contribution in [0.4, 0.5) is 0 Å². The Morgan fingerprint density at radius 2 is 0.525 bits per heavy atom. The number of hydrogen-bond donors (Lipinski definition) is 4. The average molecular weight is 1460 g/mol. The Morgan fingerprint density at radius 1 is 0.287 bits per heavy atom. The minimum atomic E-state index is -4.94. The second-order valence-corrected chi connectivity index (χ2v) is 28.7. The average Bonchev–Trinajstić information content (AvgIpc) is 1.09. The molecule has 0 amide bonds. The minimum Gasteiger partial charge on any atom is -0.463 e. The Balaban J connectivity index is 4.57. The molecular weight excluding hydrogens is 1310 g/mol. The van der Waals surface area contributed by atoms with Crippen LogP contribution < -0.4 is 0 Å². The van der Waals surface area contributed by atoms with E-state index < -0.39 is 91.5 Å². The first-order valence-corrected chi connectivity index (χ1v) is 42.1. The third kappa shape index (κ3) is 76.4. The Labute approximate surface area is 613 Å². The van der Waals surface area contributed by atoms with Gasteiger partial charge < -0.3 is 34.2 Å². The molecule has 0 aliphatic heterocycles. The van der Waals surface area contributed by atoms with Crippen molar-refractivity contribution in [1.82, 2.24) is 0 Å². The number of carbonyl (C=O) groups is 3. The van der Waals surface area contributed by atoms with Crippen LogP contribution in [0.2, 0.25) is 0 Å². The quantitative estimate of drug-likeness (QED) is 0.0146. The maximum absolute atomic E-state index is 13.0. The lowest BCUT2D eigenvalue weighted by Gasteiger charge is -2.21. The van der Waals surface area contributed by atoms with Gasteiger partial charge in [0.05, 0.1) is 26.4 Å². The number of rotatable bonds is 73. The van der Waals surface area contributed by atoms with Crippen LogP contribution >= 0.6 is 15.6 Å². The Morgan fingerprint density at radius 3 is 0.861 bits per heavy atom. The van der Waals surface area contributed by atoms with Crippen molar-refractivity contribution in [3.05, 3.63) is 146 Å². The fourth-order valence-electron chi connectivity index (χ4n) is 10.1. The zero-order valence-corrected chi connectivity index (χ0v) is 64.8. The van der Waals surface area contributed by atoms with E-state index in [0.29, 0.717) is 19.3 Å². The summed E-state index contributed by atoms with van der Waals surface area (Å²) in [4.78, 5) is 58.6.